The van der Waals surface area contributed by atoms with Gasteiger partial charge in [-0.15, -0.1) is 11.8 Å². The van der Waals surface area contributed by atoms with Crippen LogP contribution >= 0.6 is 23.1 Å². The van der Waals surface area contributed by atoms with Crippen molar-refractivity contribution in [2.75, 3.05) is 11.9 Å². The number of aromatic amines is 1. The summed E-state index contributed by atoms with van der Waals surface area (Å²) in [5.74, 6) is -1.41. The van der Waals surface area contributed by atoms with Gasteiger partial charge in [-0.3, -0.25) is 24.1 Å². The molecule has 1 aromatic heterocycles. The lowest BCUT2D eigenvalue weighted by Gasteiger charge is -2.43. The van der Waals surface area contributed by atoms with Crippen LogP contribution in [0.2, 0.25) is 0 Å². The summed E-state index contributed by atoms with van der Waals surface area (Å²) in [5, 5.41) is 3.86. The number of carbonyl (C=O) groups excluding carboxylic acids is 3. The number of H-pyrrole nitrogens is 1. The number of nitrogens with zero attached hydrogens (tertiary/aromatic N) is 1. The molecular formula is C32H33N3O4S2. The Morgan fingerprint density at radius 1 is 0.976 bits per heavy atom. The average molecular weight is 588 g/mol. The number of benzene rings is 2. The molecule has 2 bridgehead atoms. The van der Waals surface area contributed by atoms with E-state index in [0.717, 1.165) is 27.5 Å². The van der Waals surface area contributed by atoms with Gasteiger partial charge in [0.25, 0.3) is 0 Å². The van der Waals surface area contributed by atoms with Gasteiger partial charge in [-0.05, 0) is 59.8 Å². The number of rotatable bonds is 4. The monoisotopic (exact) mass is 587 g/mol. The number of aryl methyl sites for hydroxylation is 1. The Hall–Kier alpha value is -3.17. The first-order valence-corrected chi connectivity index (χ1v) is 15.9. The zero-order chi connectivity index (χ0) is 28.8. The summed E-state index contributed by atoms with van der Waals surface area (Å²) in [4.78, 5) is 58.1. The molecule has 2 aliphatic heterocycles. The van der Waals surface area contributed by atoms with Crippen LogP contribution in [0.15, 0.2) is 58.4 Å². The van der Waals surface area contributed by atoms with Gasteiger partial charge in [0.05, 0.1) is 16.9 Å². The van der Waals surface area contributed by atoms with Crippen molar-refractivity contribution in [3.05, 3.63) is 79.8 Å². The molecule has 1 saturated heterocycles. The summed E-state index contributed by atoms with van der Waals surface area (Å²) >= 11 is 2.95. The van der Waals surface area contributed by atoms with Crippen molar-refractivity contribution < 1.29 is 14.4 Å². The van der Waals surface area contributed by atoms with Gasteiger partial charge >= 0.3 is 4.87 Å². The SMILES string of the molecule is Cc1ccc(NC(=O)CN2C(=O)C3C4CC(C3C2=O)C2C4Sc3[nH]c(=O)sc3[C@@H]2c2ccc(C(C)(C)C)cc2)cc1. The van der Waals surface area contributed by atoms with E-state index in [1.54, 1.807) is 11.8 Å². The smallest absolute Gasteiger partial charge is 0.305 e. The van der Waals surface area contributed by atoms with Crippen molar-refractivity contribution in [3.63, 3.8) is 0 Å². The number of carbonyl (C=O) groups is 3. The first-order chi connectivity index (χ1) is 19.5. The highest BCUT2D eigenvalue weighted by Gasteiger charge is 2.69. The summed E-state index contributed by atoms with van der Waals surface area (Å²) in [6.45, 7) is 8.28. The van der Waals surface area contributed by atoms with E-state index >= 15 is 0 Å². The van der Waals surface area contributed by atoms with Gasteiger partial charge in [0.15, 0.2) is 0 Å². The van der Waals surface area contributed by atoms with Crippen LogP contribution in [0.3, 0.4) is 0 Å². The van der Waals surface area contributed by atoms with Crippen LogP contribution in [0.1, 0.15) is 54.7 Å². The van der Waals surface area contributed by atoms with Gasteiger partial charge in [0.1, 0.15) is 6.54 Å². The first kappa shape index (κ1) is 26.7. The molecular weight excluding hydrogens is 555 g/mol. The fourth-order valence-electron chi connectivity index (χ4n) is 7.78. The van der Waals surface area contributed by atoms with Crippen LogP contribution in [-0.4, -0.2) is 39.4 Å². The van der Waals surface area contributed by atoms with Crippen molar-refractivity contribution >= 4 is 46.5 Å². The van der Waals surface area contributed by atoms with Crippen LogP contribution in [0.25, 0.3) is 0 Å². The number of hydrogen-bond donors (Lipinski definition) is 2. The van der Waals surface area contributed by atoms with Gasteiger partial charge < -0.3 is 10.3 Å². The quantitative estimate of drug-likeness (QED) is 0.411. The van der Waals surface area contributed by atoms with Gasteiger partial charge in [0, 0.05) is 21.7 Å². The summed E-state index contributed by atoms with van der Waals surface area (Å²) in [7, 11) is 0. The Bertz CT molecular complexity index is 1620. The molecule has 0 radical (unpaired) electrons. The summed E-state index contributed by atoms with van der Waals surface area (Å²) in [5.41, 5.74) is 4.15. The number of thiazole rings is 1. The van der Waals surface area contributed by atoms with E-state index in [4.69, 9.17) is 0 Å². The fraction of sp³-hybridized carbons (Fsp3) is 0.438. The highest BCUT2D eigenvalue weighted by atomic mass is 32.2. The van der Waals surface area contributed by atoms with E-state index in [0.29, 0.717) is 5.69 Å². The number of amides is 3. The average Bonchev–Trinajstić information content (AvgIpc) is 3.65. The molecule has 3 heterocycles. The third-order valence-corrected chi connectivity index (χ3v) is 12.2. The number of likely N-dealkylation sites (tertiary alicyclic amines) is 1. The van der Waals surface area contributed by atoms with E-state index in [1.807, 2.05) is 31.2 Å². The molecule has 9 heteroatoms. The van der Waals surface area contributed by atoms with Gasteiger partial charge in [0.2, 0.25) is 17.7 Å². The normalized spacial score (nSPS) is 29.9. The maximum Gasteiger partial charge on any atom is 0.305 e. The summed E-state index contributed by atoms with van der Waals surface area (Å²) < 4.78 is 0. The predicted octanol–water partition coefficient (Wildman–Crippen LogP) is 5.15. The van der Waals surface area contributed by atoms with Gasteiger partial charge in [-0.1, -0.05) is 74.1 Å². The number of hydrogen-bond acceptors (Lipinski definition) is 6. The lowest BCUT2D eigenvalue weighted by Crippen LogP contribution is -2.42. The molecule has 2 aliphatic carbocycles. The number of fused-ring (bicyclic) bond motifs is 9. The number of nitrogens with one attached hydrogen (secondary N) is 2. The topological polar surface area (TPSA) is 99.3 Å². The van der Waals surface area contributed by atoms with E-state index in [9.17, 15) is 19.2 Å². The van der Waals surface area contributed by atoms with Crippen LogP contribution in [0, 0.1) is 36.5 Å². The molecule has 3 fully saturated rings. The molecule has 6 unspecified atom stereocenters. The van der Waals surface area contributed by atoms with E-state index in [-0.39, 0.29) is 63.5 Å². The Morgan fingerprint density at radius 3 is 2.29 bits per heavy atom. The third kappa shape index (κ3) is 4.23. The zero-order valence-corrected chi connectivity index (χ0v) is 25.1. The largest absolute Gasteiger partial charge is 0.325 e. The van der Waals surface area contributed by atoms with E-state index < -0.39 is 11.8 Å². The molecule has 0 spiro atoms. The second-order valence-electron chi connectivity index (χ2n) is 13.0. The second-order valence-corrected chi connectivity index (χ2v) is 15.2. The number of anilines is 1. The molecule has 2 N–H and O–H groups in total. The minimum absolute atomic E-state index is 0.00745. The first-order valence-electron chi connectivity index (χ1n) is 14.2. The van der Waals surface area contributed by atoms with Crippen molar-refractivity contribution in [1.29, 1.82) is 0 Å². The number of imide groups is 1. The molecule has 2 saturated carbocycles. The predicted molar refractivity (Wildman–Crippen MR) is 160 cm³/mol. The zero-order valence-electron chi connectivity index (χ0n) is 23.5. The maximum absolute atomic E-state index is 13.8. The molecule has 4 aliphatic rings. The third-order valence-electron chi connectivity index (χ3n) is 9.59. The molecule has 212 valence electrons. The standard InChI is InChI=1S/C32H33N3O4S2/c1-15-5-11-18(12-6-15)33-21(36)14-35-29(37)24-19-13-20(25(24)30(35)38)26-23(19)22(27-28(40-26)34-31(39)41-27)16-7-9-17(10-8-16)32(2,3)4/h5-12,19-20,22-26H,13-14H2,1-4H3,(H,33,36)(H,34,39)/t19?,20?,22-,23?,24?,25?,26?/m1/s1. The highest BCUT2D eigenvalue weighted by Crippen LogP contribution is 2.68. The van der Waals surface area contributed by atoms with E-state index in [1.165, 1.54) is 21.8 Å². The molecule has 41 heavy (non-hydrogen) atoms. The number of thioether (sulfide) groups is 1. The molecule has 2 aromatic carbocycles. The molecule has 7 atom stereocenters. The maximum atomic E-state index is 13.8. The molecule has 7 nitrogen and oxygen atoms in total. The fourth-order valence-corrected chi connectivity index (χ4v) is 10.7. The van der Waals surface area contributed by atoms with Crippen molar-refractivity contribution in [3.8, 4) is 0 Å². The van der Waals surface area contributed by atoms with Gasteiger partial charge in [-0.25, -0.2) is 0 Å². The van der Waals surface area contributed by atoms with Crippen LogP contribution < -0.4 is 10.2 Å². The minimum atomic E-state index is -0.407. The van der Waals surface area contributed by atoms with Crippen LogP contribution in [0.4, 0.5) is 5.69 Å². The Balaban J connectivity index is 1.19. The lowest BCUT2D eigenvalue weighted by atomic mass is 9.68. The lowest BCUT2D eigenvalue weighted by molar-refractivity contribution is -0.143. The second kappa shape index (κ2) is 9.42. The molecule has 3 aromatic rings. The van der Waals surface area contributed by atoms with Crippen molar-refractivity contribution in [2.24, 2.45) is 29.6 Å². The minimum Gasteiger partial charge on any atom is -0.325 e. The molecule has 7 rings (SSSR count). The van der Waals surface area contributed by atoms with E-state index in [2.05, 4.69) is 55.3 Å². The Morgan fingerprint density at radius 2 is 1.63 bits per heavy atom. The molecule has 3 amide bonds. The van der Waals surface area contributed by atoms with Crippen LogP contribution in [0.5, 0.6) is 0 Å². The summed E-state index contributed by atoms with van der Waals surface area (Å²) in [6.07, 6.45) is 0.828. The summed E-state index contributed by atoms with van der Waals surface area (Å²) in [6, 6.07) is 16.2. The van der Waals surface area contributed by atoms with Gasteiger partial charge in [-0.2, -0.15) is 0 Å². The van der Waals surface area contributed by atoms with Crippen molar-refractivity contribution in [2.45, 2.75) is 55.7 Å². The Kier molecular flexibility index (Phi) is 6.14. The highest BCUT2D eigenvalue weighted by molar-refractivity contribution is 8.00. The van der Waals surface area contributed by atoms with Crippen molar-refractivity contribution in [1.82, 2.24) is 9.88 Å². The van der Waals surface area contributed by atoms with Crippen LogP contribution in [-0.2, 0) is 19.8 Å². The number of aromatic nitrogens is 1. The Labute approximate surface area is 247 Å².